The fourth-order valence-corrected chi connectivity index (χ4v) is 2.81. The number of hydrazone groups is 1. The normalized spacial score (nSPS) is 18.5. The smallest absolute Gasteiger partial charge is 0.287 e. The number of benzene rings is 2. The Kier molecular flexibility index (Phi) is 6.03. The van der Waals surface area contributed by atoms with Crippen molar-refractivity contribution >= 4 is 11.6 Å². The summed E-state index contributed by atoms with van der Waals surface area (Å²) in [6.07, 6.45) is -7.82. The molecular formula is C20H15F4N3O3. The summed E-state index contributed by atoms with van der Waals surface area (Å²) in [7, 11) is 0. The van der Waals surface area contributed by atoms with E-state index in [4.69, 9.17) is 10.00 Å². The van der Waals surface area contributed by atoms with Gasteiger partial charge in [0, 0.05) is 12.0 Å². The van der Waals surface area contributed by atoms with Gasteiger partial charge in [-0.15, -0.1) is 0 Å². The highest BCUT2D eigenvalue weighted by molar-refractivity contribution is 5.99. The monoisotopic (exact) mass is 421 g/mol. The van der Waals surface area contributed by atoms with Gasteiger partial charge in [-0.05, 0) is 42.0 Å². The van der Waals surface area contributed by atoms with Gasteiger partial charge in [-0.1, -0.05) is 12.1 Å². The number of hydrogen-bond donors (Lipinski definition) is 1. The van der Waals surface area contributed by atoms with E-state index < -0.39 is 36.6 Å². The number of nitriles is 1. The average molecular weight is 421 g/mol. The first-order valence-electron chi connectivity index (χ1n) is 8.67. The first kappa shape index (κ1) is 21.3. The number of ether oxygens (including phenoxy) is 1. The Morgan fingerprint density at radius 3 is 2.53 bits per heavy atom. The molecule has 0 radical (unpaired) electrons. The molecule has 1 unspecified atom stereocenters. The van der Waals surface area contributed by atoms with Gasteiger partial charge in [0.15, 0.2) is 0 Å². The maximum Gasteiger partial charge on any atom is 0.287 e. The lowest BCUT2D eigenvalue weighted by Gasteiger charge is -2.30. The zero-order chi connectivity index (χ0) is 21.9. The molecule has 0 saturated heterocycles. The van der Waals surface area contributed by atoms with Crippen LogP contribution in [0, 0.1) is 11.3 Å². The van der Waals surface area contributed by atoms with E-state index in [0.717, 1.165) is 0 Å². The Labute approximate surface area is 168 Å². The zero-order valence-corrected chi connectivity index (χ0v) is 15.3. The largest absolute Gasteiger partial charge is 0.489 e. The quantitative estimate of drug-likeness (QED) is 0.723. The van der Waals surface area contributed by atoms with Crippen molar-refractivity contribution in [1.82, 2.24) is 5.01 Å². The summed E-state index contributed by atoms with van der Waals surface area (Å²) in [5.74, 6) is -0.683. The molecule has 2 aromatic carbocycles. The number of amides is 1. The molecule has 0 fully saturated rings. The molecule has 1 amide bonds. The zero-order valence-electron chi connectivity index (χ0n) is 15.3. The molecule has 10 heteroatoms. The number of carbonyl (C=O) groups is 1. The Morgan fingerprint density at radius 1 is 1.23 bits per heavy atom. The fraction of sp³-hybridized carbons (Fsp3) is 0.250. The number of halogens is 4. The highest BCUT2D eigenvalue weighted by atomic mass is 19.3. The van der Waals surface area contributed by atoms with E-state index in [1.165, 1.54) is 18.2 Å². The third kappa shape index (κ3) is 4.26. The second-order valence-electron chi connectivity index (χ2n) is 6.49. The third-order valence-corrected chi connectivity index (χ3v) is 4.39. The van der Waals surface area contributed by atoms with Gasteiger partial charge in [0.2, 0.25) is 5.72 Å². The molecule has 1 N–H and O–H groups in total. The van der Waals surface area contributed by atoms with E-state index in [0.29, 0.717) is 16.9 Å². The molecular weight excluding hydrogens is 406 g/mol. The third-order valence-electron chi connectivity index (χ3n) is 4.39. The minimum absolute atomic E-state index is 0.0116. The molecule has 0 bridgehead atoms. The van der Waals surface area contributed by atoms with Crippen LogP contribution in [0.4, 0.5) is 17.6 Å². The predicted molar refractivity (Wildman–Crippen MR) is 97.1 cm³/mol. The minimum atomic E-state index is -3.50. The first-order chi connectivity index (χ1) is 14.2. The molecule has 30 heavy (non-hydrogen) atoms. The highest BCUT2D eigenvalue weighted by Crippen LogP contribution is 2.34. The van der Waals surface area contributed by atoms with Crippen LogP contribution in [-0.4, -0.2) is 40.3 Å². The standard InChI is InChI=1S/C20H15F4N3O3/c21-17(22)16-9-20(29,19(23)24)27(26-16)18(28)14-3-1-2-13(8-14)11-30-15-6-4-12(10-25)5-7-15/h1-8,17,19,29H,9,11H2. The fourth-order valence-electron chi connectivity index (χ4n) is 2.81. The Morgan fingerprint density at radius 2 is 1.93 bits per heavy atom. The summed E-state index contributed by atoms with van der Waals surface area (Å²) in [4.78, 5) is 12.6. The predicted octanol–water partition coefficient (Wildman–Crippen LogP) is 3.56. The minimum Gasteiger partial charge on any atom is -0.489 e. The second-order valence-corrected chi connectivity index (χ2v) is 6.49. The van der Waals surface area contributed by atoms with Crippen molar-refractivity contribution in [3.05, 3.63) is 65.2 Å². The lowest BCUT2D eigenvalue weighted by atomic mass is 10.1. The highest BCUT2D eigenvalue weighted by Gasteiger charge is 2.53. The molecule has 3 rings (SSSR count). The van der Waals surface area contributed by atoms with Gasteiger partial charge in [-0.3, -0.25) is 4.79 Å². The molecule has 156 valence electrons. The summed E-state index contributed by atoms with van der Waals surface area (Å²) in [6, 6.07) is 13.9. The summed E-state index contributed by atoms with van der Waals surface area (Å²) >= 11 is 0. The summed E-state index contributed by atoms with van der Waals surface area (Å²) in [6.45, 7) is 0.0116. The van der Waals surface area contributed by atoms with Crippen LogP contribution in [0.1, 0.15) is 27.9 Å². The number of hydrogen-bond acceptors (Lipinski definition) is 5. The molecule has 6 nitrogen and oxygen atoms in total. The first-order valence-corrected chi connectivity index (χ1v) is 8.67. The van der Waals surface area contributed by atoms with E-state index in [1.54, 1.807) is 30.3 Å². The van der Waals surface area contributed by atoms with Gasteiger partial charge < -0.3 is 9.84 Å². The van der Waals surface area contributed by atoms with Gasteiger partial charge in [0.25, 0.3) is 18.8 Å². The molecule has 1 atom stereocenters. The lowest BCUT2D eigenvalue weighted by molar-refractivity contribution is -0.164. The van der Waals surface area contributed by atoms with E-state index in [2.05, 4.69) is 5.10 Å². The van der Waals surface area contributed by atoms with Gasteiger partial charge in [0.1, 0.15) is 18.1 Å². The van der Waals surface area contributed by atoms with Crippen molar-refractivity contribution in [3.8, 4) is 11.8 Å². The van der Waals surface area contributed by atoms with Crippen molar-refractivity contribution < 1.29 is 32.2 Å². The SMILES string of the molecule is N#Cc1ccc(OCc2cccc(C(=O)N3N=C(C(F)F)CC3(O)C(F)F)c2)cc1. The van der Waals surface area contributed by atoms with Gasteiger partial charge in [-0.2, -0.15) is 15.4 Å². The molecule has 0 saturated carbocycles. The van der Waals surface area contributed by atoms with Crippen LogP contribution in [0.5, 0.6) is 5.75 Å². The van der Waals surface area contributed by atoms with Crippen LogP contribution in [0.3, 0.4) is 0 Å². The van der Waals surface area contributed by atoms with Crippen LogP contribution in [0.2, 0.25) is 0 Å². The molecule has 0 aliphatic carbocycles. The number of nitrogens with zero attached hydrogens (tertiary/aromatic N) is 3. The van der Waals surface area contributed by atoms with Crippen LogP contribution in [0.15, 0.2) is 53.6 Å². The topological polar surface area (TPSA) is 85.9 Å². The molecule has 2 aromatic rings. The second kappa shape index (κ2) is 8.51. The van der Waals surface area contributed by atoms with Crippen molar-refractivity contribution in [2.75, 3.05) is 0 Å². The summed E-state index contributed by atoms with van der Waals surface area (Å²) in [5.41, 5.74) is -3.32. The number of aliphatic hydroxyl groups is 1. The van der Waals surface area contributed by atoms with Gasteiger partial charge in [0.05, 0.1) is 11.6 Å². The Hall–Kier alpha value is -3.45. The van der Waals surface area contributed by atoms with Crippen LogP contribution in [-0.2, 0) is 6.61 Å². The maximum absolute atomic E-state index is 13.3. The molecule has 1 aliphatic rings. The summed E-state index contributed by atoms with van der Waals surface area (Å²) < 4.78 is 58.0. The molecule has 0 aromatic heterocycles. The molecule has 1 aliphatic heterocycles. The van der Waals surface area contributed by atoms with Crippen molar-refractivity contribution in [1.29, 1.82) is 5.26 Å². The Bertz CT molecular complexity index is 1010. The van der Waals surface area contributed by atoms with E-state index in [9.17, 15) is 27.5 Å². The Balaban J connectivity index is 1.78. The number of alkyl halides is 4. The lowest BCUT2D eigenvalue weighted by Crippen LogP contribution is -2.51. The van der Waals surface area contributed by atoms with Crippen molar-refractivity contribution in [2.24, 2.45) is 5.10 Å². The van der Waals surface area contributed by atoms with E-state index >= 15 is 0 Å². The average Bonchev–Trinajstić information content (AvgIpc) is 3.11. The van der Waals surface area contributed by atoms with Crippen LogP contribution in [0.25, 0.3) is 0 Å². The van der Waals surface area contributed by atoms with Crippen molar-refractivity contribution in [3.63, 3.8) is 0 Å². The maximum atomic E-state index is 13.3. The van der Waals surface area contributed by atoms with Crippen LogP contribution < -0.4 is 4.74 Å². The van der Waals surface area contributed by atoms with E-state index in [1.807, 2.05) is 6.07 Å². The number of rotatable bonds is 6. The van der Waals surface area contributed by atoms with Gasteiger partial charge >= 0.3 is 0 Å². The molecule has 1 heterocycles. The molecule has 0 spiro atoms. The number of carbonyl (C=O) groups excluding carboxylic acids is 1. The summed E-state index contributed by atoms with van der Waals surface area (Å²) in [5, 5.41) is 22.1. The van der Waals surface area contributed by atoms with Crippen molar-refractivity contribution in [2.45, 2.75) is 31.6 Å². The van der Waals surface area contributed by atoms with E-state index in [-0.39, 0.29) is 17.2 Å². The van der Waals surface area contributed by atoms with Crippen LogP contribution >= 0.6 is 0 Å². The van der Waals surface area contributed by atoms with Gasteiger partial charge in [-0.25, -0.2) is 17.6 Å².